The molecule has 0 spiro atoms. The molecule has 1 aromatic carbocycles. The second-order valence-electron chi connectivity index (χ2n) is 8.19. The van der Waals surface area contributed by atoms with Gasteiger partial charge in [0.05, 0.1) is 24.5 Å². The van der Waals surface area contributed by atoms with Crippen LogP contribution in [0.1, 0.15) is 31.7 Å². The van der Waals surface area contributed by atoms with Crippen LogP contribution in [0, 0.1) is 5.92 Å². The molecular weight excluding hydrogens is 454 g/mol. The van der Waals surface area contributed by atoms with Crippen LogP contribution in [0.4, 0.5) is 11.4 Å². The van der Waals surface area contributed by atoms with Crippen LogP contribution >= 0.6 is 11.6 Å². The summed E-state index contributed by atoms with van der Waals surface area (Å²) in [5, 5.41) is 7.65. The van der Waals surface area contributed by atoms with Crippen LogP contribution in [-0.4, -0.2) is 55.4 Å². The standard InChI is InChI=1S/C21H28ClN5O4S/c22-20-19(23-13-16-5-4-12-31-15-16)14-24-27(21(20)28)18-8-10-26(11-9-18)32(29,30)25-17-6-2-1-3-7-17/h1-3,6-7,14,16,18,23,25H,4-5,8-13,15H2. The number of anilines is 2. The molecule has 1 aromatic heterocycles. The Hall–Kier alpha value is -2.14. The first-order valence-electron chi connectivity index (χ1n) is 10.9. The van der Waals surface area contributed by atoms with Gasteiger partial charge >= 0.3 is 10.2 Å². The third-order valence-corrected chi connectivity index (χ3v) is 7.81. The lowest BCUT2D eigenvalue weighted by molar-refractivity contribution is 0.0595. The van der Waals surface area contributed by atoms with Gasteiger partial charge < -0.3 is 10.1 Å². The molecule has 0 saturated carbocycles. The van der Waals surface area contributed by atoms with Crippen molar-refractivity contribution >= 4 is 33.2 Å². The first-order valence-corrected chi connectivity index (χ1v) is 12.7. The number of nitrogens with zero attached hydrogens (tertiary/aromatic N) is 3. The van der Waals surface area contributed by atoms with E-state index in [4.69, 9.17) is 16.3 Å². The van der Waals surface area contributed by atoms with Gasteiger partial charge in [-0.3, -0.25) is 9.52 Å². The third kappa shape index (κ3) is 5.43. The third-order valence-electron chi connectivity index (χ3n) is 5.91. The average molecular weight is 482 g/mol. The molecule has 174 valence electrons. The molecule has 11 heteroatoms. The molecule has 0 amide bonds. The molecule has 0 radical (unpaired) electrons. The first kappa shape index (κ1) is 23.0. The summed E-state index contributed by atoms with van der Waals surface area (Å²) in [4.78, 5) is 12.8. The summed E-state index contributed by atoms with van der Waals surface area (Å²) in [6.45, 7) is 2.77. The molecule has 9 nitrogen and oxygen atoms in total. The van der Waals surface area contributed by atoms with Gasteiger partial charge in [-0.15, -0.1) is 0 Å². The highest BCUT2D eigenvalue weighted by Gasteiger charge is 2.30. The van der Waals surface area contributed by atoms with Crippen molar-refractivity contribution < 1.29 is 13.2 Å². The quantitative estimate of drug-likeness (QED) is 0.630. The van der Waals surface area contributed by atoms with E-state index < -0.39 is 10.2 Å². The van der Waals surface area contributed by atoms with Crippen LogP contribution in [0.2, 0.25) is 5.02 Å². The maximum absolute atomic E-state index is 12.8. The van der Waals surface area contributed by atoms with Gasteiger partial charge in [0.25, 0.3) is 5.56 Å². The lowest BCUT2D eigenvalue weighted by Gasteiger charge is -2.31. The Morgan fingerprint density at radius 1 is 1.16 bits per heavy atom. The Kier molecular flexibility index (Phi) is 7.34. The molecule has 0 aliphatic carbocycles. The molecule has 1 unspecified atom stereocenters. The average Bonchev–Trinajstić information content (AvgIpc) is 2.81. The largest absolute Gasteiger partial charge is 0.382 e. The van der Waals surface area contributed by atoms with Crippen molar-refractivity contribution in [2.45, 2.75) is 31.7 Å². The van der Waals surface area contributed by atoms with Crippen LogP contribution < -0.4 is 15.6 Å². The number of rotatable bonds is 7. The summed E-state index contributed by atoms with van der Waals surface area (Å²) in [7, 11) is -3.66. The van der Waals surface area contributed by atoms with E-state index in [-0.39, 0.29) is 16.6 Å². The molecule has 3 heterocycles. The van der Waals surface area contributed by atoms with Gasteiger partial charge in [-0.25, -0.2) is 4.68 Å². The molecule has 0 bridgehead atoms. The van der Waals surface area contributed by atoms with E-state index in [1.54, 1.807) is 30.5 Å². The molecule has 1 atom stereocenters. The second kappa shape index (κ2) is 10.2. The summed E-state index contributed by atoms with van der Waals surface area (Å²) in [6.07, 6.45) is 4.65. The highest BCUT2D eigenvalue weighted by atomic mass is 35.5. The Morgan fingerprint density at radius 2 is 1.91 bits per heavy atom. The number of aromatic nitrogens is 2. The van der Waals surface area contributed by atoms with Crippen LogP contribution in [0.3, 0.4) is 0 Å². The number of hydrogen-bond acceptors (Lipinski definition) is 6. The minimum absolute atomic E-state index is 0.109. The van der Waals surface area contributed by atoms with E-state index in [1.807, 2.05) is 6.07 Å². The van der Waals surface area contributed by atoms with Gasteiger partial charge in [-0.2, -0.15) is 17.8 Å². The normalized spacial score (nSPS) is 20.7. The summed E-state index contributed by atoms with van der Waals surface area (Å²) in [6, 6.07) is 8.56. The van der Waals surface area contributed by atoms with Crippen molar-refractivity contribution in [3.8, 4) is 0 Å². The summed E-state index contributed by atoms with van der Waals surface area (Å²) >= 11 is 6.34. The number of ether oxygens (including phenoxy) is 1. The van der Waals surface area contributed by atoms with Gasteiger partial charge in [0, 0.05) is 31.9 Å². The van der Waals surface area contributed by atoms with Gasteiger partial charge in [0.2, 0.25) is 0 Å². The van der Waals surface area contributed by atoms with Gasteiger partial charge in [0.15, 0.2) is 0 Å². The molecule has 2 N–H and O–H groups in total. The van der Waals surface area contributed by atoms with Crippen molar-refractivity contribution in [2.24, 2.45) is 5.92 Å². The van der Waals surface area contributed by atoms with E-state index in [0.29, 0.717) is 56.4 Å². The van der Waals surface area contributed by atoms with E-state index in [2.05, 4.69) is 15.1 Å². The molecule has 2 fully saturated rings. The number of benzene rings is 1. The number of piperidine rings is 1. The van der Waals surface area contributed by atoms with Crippen molar-refractivity contribution in [3.63, 3.8) is 0 Å². The fourth-order valence-electron chi connectivity index (χ4n) is 4.10. The van der Waals surface area contributed by atoms with Crippen LogP contribution in [0.25, 0.3) is 0 Å². The Balaban J connectivity index is 1.36. The molecule has 4 rings (SSSR count). The minimum atomic E-state index is -3.66. The Morgan fingerprint density at radius 3 is 2.59 bits per heavy atom. The number of nitrogens with one attached hydrogen (secondary N) is 2. The van der Waals surface area contributed by atoms with Crippen LogP contribution in [0.5, 0.6) is 0 Å². The van der Waals surface area contributed by atoms with E-state index in [1.165, 1.54) is 8.99 Å². The van der Waals surface area contributed by atoms with E-state index in [0.717, 1.165) is 19.4 Å². The summed E-state index contributed by atoms with van der Waals surface area (Å²) in [5.74, 6) is 0.387. The fourth-order valence-corrected chi connectivity index (χ4v) is 5.55. The van der Waals surface area contributed by atoms with E-state index in [9.17, 15) is 13.2 Å². The van der Waals surface area contributed by atoms with Crippen LogP contribution in [0.15, 0.2) is 41.3 Å². The molecule has 2 aliphatic rings. The summed E-state index contributed by atoms with van der Waals surface area (Å²) < 4.78 is 36.2. The molecule has 2 aromatic rings. The highest BCUT2D eigenvalue weighted by Crippen LogP contribution is 2.25. The van der Waals surface area contributed by atoms with E-state index >= 15 is 0 Å². The molecular formula is C21H28ClN5O4S. The number of hydrogen-bond donors (Lipinski definition) is 2. The first-order chi connectivity index (χ1) is 15.4. The maximum atomic E-state index is 12.8. The molecule has 2 aliphatic heterocycles. The number of halogens is 1. The monoisotopic (exact) mass is 481 g/mol. The zero-order valence-electron chi connectivity index (χ0n) is 17.7. The van der Waals surface area contributed by atoms with Crippen molar-refractivity contribution in [2.75, 3.05) is 42.9 Å². The van der Waals surface area contributed by atoms with Crippen LogP contribution in [-0.2, 0) is 14.9 Å². The molecule has 32 heavy (non-hydrogen) atoms. The highest BCUT2D eigenvalue weighted by molar-refractivity contribution is 7.90. The lowest BCUT2D eigenvalue weighted by atomic mass is 10.0. The second-order valence-corrected chi connectivity index (χ2v) is 10.2. The molecule has 2 saturated heterocycles. The summed E-state index contributed by atoms with van der Waals surface area (Å²) in [5.41, 5.74) is 0.674. The van der Waals surface area contributed by atoms with Crippen molar-refractivity contribution in [3.05, 3.63) is 51.9 Å². The van der Waals surface area contributed by atoms with Crippen molar-refractivity contribution in [1.29, 1.82) is 0 Å². The van der Waals surface area contributed by atoms with Gasteiger partial charge in [-0.05, 0) is 43.7 Å². The number of para-hydroxylation sites is 1. The minimum Gasteiger partial charge on any atom is -0.382 e. The predicted octanol–water partition coefficient (Wildman–Crippen LogP) is 2.73. The Bertz CT molecular complexity index is 1070. The SMILES string of the molecule is O=c1c(Cl)c(NCC2CCCOC2)cnn1C1CCN(S(=O)(=O)Nc2ccccc2)CC1. The van der Waals surface area contributed by atoms with Gasteiger partial charge in [-0.1, -0.05) is 29.8 Å². The van der Waals surface area contributed by atoms with Crippen molar-refractivity contribution in [1.82, 2.24) is 14.1 Å². The maximum Gasteiger partial charge on any atom is 0.301 e. The smallest absolute Gasteiger partial charge is 0.301 e. The fraction of sp³-hybridized carbons (Fsp3) is 0.524. The lowest BCUT2D eigenvalue weighted by Crippen LogP contribution is -2.43. The zero-order chi connectivity index (χ0) is 22.6. The Labute approximate surface area is 192 Å². The zero-order valence-corrected chi connectivity index (χ0v) is 19.3. The van der Waals surface area contributed by atoms with Gasteiger partial charge in [0.1, 0.15) is 5.02 Å². The predicted molar refractivity (Wildman–Crippen MR) is 124 cm³/mol. The topological polar surface area (TPSA) is 106 Å².